The first kappa shape index (κ1) is 19.9. The lowest BCUT2D eigenvalue weighted by molar-refractivity contribution is -0.117. The molecule has 1 heterocycles. The molecule has 1 aromatic rings. The lowest BCUT2D eigenvalue weighted by Gasteiger charge is -2.28. The molecule has 1 saturated carbocycles. The highest BCUT2D eigenvalue weighted by molar-refractivity contribution is 5.96. The van der Waals surface area contributed by atoms with E-state index >= 15 is 0 Å². The number of amides is 2. The van der Waals surface area contributed by atoms with Crippen LogP contribution in [0.1, 0.15) is 68.6 Å². The van der Waals surface area contributed by atoms with Crippen LogP contribution in [0, 0.1) is 11.8 Å². The minimum absolute atomic E-state index is 0.0156. The number of hydrogen-bond donors (Lipinski definition) is 3. The number of rotatable bonds is 6. The Balaban J connectivity index is 1.46. The number of hydrogen-bond acceptors (Lipinski definition) is 3. The van der Waals surface area contributed by atoms with Gasteiger partial charge in [-0.3, -0.25) is 9.59 Å². The standard InChI is InChI=1S/C22H33N3O2/c1-16(18-6-5-13-23-15-18)14-21(26)24-20-11-9-17(10-12-20)22(27)25-19-7-3-2-4-8-19/h9-12,16,18-19,23H,2-8,13-15H2,1H3,(H,24,26)(H,25,27). The molecule has 5 heteroatoms. The van der Waals surface area contributed by atoms with Gasteiger partial charge in [-0.25, -0.2) is 0 Å². The molecule has 148 valence electrons. The van der Waals surface area contributed by atoms with Gasteiger partial charge in [-0.1, -0.05) is 26.2 Å². The Morgan fingerprint density at radius 1 is 1.07 bits per heavy atom. The molecule has 1 aliphatic heterocycles. The maximum atomic E-state index is 12.4. The highest BCUT2D eigenvalue weighted by Gasteiger charge is 2.22. The fraction of sp³-hybridized carbons (Fsp3) is 0.636. The molecule has 5 nitrogen and oxygen atoms in total. The summed E-state index contributed by atoms with van der Waals surface area (Å²) in [6.45, 7) is 4.27. The Kier molecular flexibility index (Phi) is 7.27. The van der Waals surface area contributed by atoms with Gasteiger partial charge in [-0.15, -0.1) is 0 Å². The fourth-order valence-electron chi connectivity index (χ4n) is 4.26. The summed E-state index contributed by atoms with van der Waals surface area (Å²) in [5, 5.41) is 9.51. The van der Waals surface area contributed by atoms with E-state index in [1.54, 1.807) is 12.1 Å². The van der Waals surface area contributed by atoms with Gasteiger partial charge in [0, 0.05) is 23.7 Å². The van der Waals surface area contributed by atoms with Crippen LogP contribution >= 0.6 is 0 Å². The van der Waals surface area contributed by atoms with Crippen molar-refractivity contribution in [2.45, 2.75) is 64.3 Å². The summed E-state index contributed by atoms with van der Waals surface area (Å²) in [4.78, 5) is 24.7. The molecular formula is C22H33N3O2. The van der Waals surface area contributed by atoms with Crippen LogP contribution in [-0.2, 0) is 4.79 Å². The Hall–Kier alpha value is -1.88. The van der Waals surface area contributed by atoms with Crippen molar-refractivity contribution in [3.05, 3.63) is 29.8 Å². The minimum Gasteiger partial charge on any atom is -0.349 e. The number of anilines is 1. The van der Waals surface area contributed by atoms with Gasteiger partial charge in [-0.2, -0.15) is 0 Å². The normalized spacial score (nSPS) is 22.0. The van der Waals surface area contributed by atoms with Gasteiger partial charge in [0.05, 0.1) is 0 Å². The molecule has 3 N–H and O–H groups in total. The molecule has 2 atom stereocenters. The van der Waals surface area contributed by atoms with Crippen LogP contribution in [0.3, 0.4) is 0 Å². The summed E-state index contributed by atoms with van der Waals surface area (Å²) in [5.41, 5.74) is 1.41. The van der Waals surface area contributed by atoms with Crippen LogP contribution < -0.4 is 16.0 Å². The second-order valence-electron chi connectivity index (χ2n) is 8.22. The van der Waals surface area contributed by atoms with Crippen LogP contribution in [0.5, 0.6) is 0 Å². The fourth-order valence-corrected chi connectivity index (χ4v) is 4.26. The average molecular weight is 372 g/mol. The first-order valence-corrected chi connectivity index (χ1v) is 10.5. The Bertz CT molecular complexity index is 617. The summed E-state index contributed by atoms with van der Waals surface area (Å²) >= 11 is 0. The Labute approximate surface area is 162 Å². The molecule has 0 bridgehead atoms. The van der Waals surface area contributed by atoms with Crippen molar-refractivity contribution >= 4 is 17.5 Å². The monoisotopic (exact) mass is 371 g/mol. The third-order valence-corrected chi connectivity index (χ3v) is 6.02. The van der Waals surface area contributed by atoms with Crippen LogP contribution in [0.15, 0.2) is 24.3 Å². The van der Waals surface area contributed by atoms with Crippen molar-refractivity contribution < 1.29 is 9.59 Å². The number of carbonyl (C=O) groups excluding carboxylic acids is 2. The van der Waals surface area contributed by atoms with Crippen LogP contribution in [-0.4, -0.2) is 30.9 Å². The molecule has 2 fully saturated rings. The van der Waals surface area contributed by atoms with Gasteiger partial charge in [-0.05, 0) is 74.9 Å². The van der Waals surface area contributed by atoms with E-state index in [0.717, 1.165) is 31.6 Å². The lowest BCUT2D eigenvalue weighted by atomic mass is 9.85. The molecule has 0 radical (unpaired) electrons. The smallest absolute Gasteiger partial charge is 0.251 e. The summed E-state index contributed by atoms with van der Waals surface area (Å²) in [7, 11) is 0. The summed E-state index contributed by atoms with van der Waals surface area (Å²) in [6, 6.07) is 7.53. The molecule has 0 aromatic heterocycles. The molecule has 1 saturated heterocycles. The van der Waals surface area contributed by atoms with Gasteiger partial charge in [0.15, 0.2) is 0 Å². The highest BCUT2D eigenvalue weighted by Crippen LogP contribution is 2.23. The van der Waals surface area contributed by atoms with Crippen LogP contribution in [0.4, 0.5) is 5.69 Å². The highest BCUT2D eigenvalue weighted by atomic mass is 16.2. The van der Waals surface area contributed by atoms with Crippen molar-refractivity contribution in [1.82, 2.24) is 10.6 Å². The molecule has 3 rings (SSSR count). The molecular weight excluding hydrogens is 338 g/mol. The van der Waals surface area contributed by atoms with E-state index in [0.29, 0.717) is 29.9 Å². The van der Waals surface area contributed by atoms with Gasteiger partial charge < -0.3 is 16.0 Å². The first-order chi connectivity index (χ1) is 13.1. The predicted octanol–water partition coefficient (Wildman–Crippen LogP) is 3.71. The number of carbonyl (C=O) groups is 2. The third kappa shape index (κ3) is 6.06. The maximum Gasteiger partial charge on any atom is 0.251 e. The molecule has 2 unspecified atom stereocenters. The number of piperidine rings is 1. The molecule has 2 amide bonds. The van der Waals surface area contributed by atoms with Crippen molar-refractivity contribution in [2.24, 2.45) is 11.8 Å². The van der Waals surface area contributed by atoms with Crippen LogP contribution in [0.25, 0.3) is 0 Å². The van der Waals surface area contributed by atoms with Gasteiger partial charge in [0.2, 0.25) is 5.91 Å². The first-order valence-electron chi connectivity index (χ1n) is 10.5. The largest absolute Gasteiger partial charge is 0.349 e. The third-order valence-electron chi connectivity index (χ3n) is 6.02. The topological polar surface area (TPSA) is 70.2 Å². The number of benzene rings is 1. The zero-order chi connectivity index (χ0) is 19.1. The van der Waals surface area contributed by atoms with Gasteiger partial charge in [0.25, 0.3) is 5.91 Å². The Morgan fingerprint density at radius 2 is 1.81 bits per heavy atom. The van der Waals surface area contributed by atoms with E-state index in [1.807, 2.05) is 12.1 Å². The molecule has 2 aliphatic rings. The average Bonchev–Trinajstić information content (AvgIpc) is 2.70. The summed E-state index contributed by atoms with van der Waals surface area (Å²) in [6.07, 6.45) is 8.76. The zero-order valence-electron chi connectivity index (χ0n) is 16.4. The number of nitrogens with one attached hydrogen (secondary N) is 3. The van der Waals surface area contributed by atoms with Crippen molar-refractivity contribution in [1.29, 1.82) is 0 Å². The van der Waals surface area contributed by atoms with Gasteiger partial charge in [0.1, 0.15) is 0 Å². The second kappa shape index (κ2) is 9.88. The zero-order valence-corrected chi connectivity index (χ0v) is 16.4. The summed E-state index contributed by atoms with van der Waals surface area (Å²) in [5.74, 6) is 0.986. The van der Waals surface area contributed by atoms with Crippen molar-refractivity contribution in [3.63, 3.8) is 0 Å². The van der Waals surface area contributed by atoms with E-state index < -0.39 is 0 Å². The maximum absolute atomic E-state index is 12.4. The van der Waals surface area contributed by atoms with Crippen molar-refractivity contribution in [2.75, 3.05) is 18.4 Å². The predicted molar refractivity (Wildman–Crippen MR) is 109 cm³/mol. The second-order valence-corrected chi connectivity index (χ2v) is 8.22. The van der Waals surface area contributed by atoms with E-state index in [2.05, 4.69) is 22.9 Å². The van der Waals surface area contributed by atoms with Crippen LogP contribution in [0.2, 0.25) is 0 Å². The lowest BCUT2D eigenvalue weighted by Crippen LogP contribution is -2.36. The molecule has 0 spiro atoms. The quantitative estimate of drug-likeness (QED) is 0.714. The van der Waals surface area contributed by atoms with Gasteiger partial charge >= 0.3 is 0 Å². The molecule has 1 aliphatic carbocycles. The van der Waals surface area contributed by atoms with E-state index in [-0.39, 0.29) is 11.8 Å². The van der Waals surface area contributed by atoms with E-state index in [4.69, 9.17) is 0 Å². The molecule has 1 aromatic carbocycles. The SMILES string of the molecule is CC(CC(=O)Nc1ccc(C(=O)NC2CCCCC2)cc1)C1CCCNC1. The molecule has 27 heavy (non-hydrogen) atoms. The van der Waals surface area contributed by atoms with E-state index in [1.165, 1.54) is 32.1 Å². The Morgan fingerprint density at radius 3 is 2.48 bits per heavy atom. The van der Waals surface area contributed by atoms with Crippen molar-refractivity contribution in [3.8, 4) is 0 Å². The van der Waals surface area contributed by atoms with E-state index in [9.17, 15) is 9.59 Å². The summed E-state index contributed by atoms with van der Waals surface area (Å²) < 4.78 is 0. The minimum atomic E-state index is -0.0156.